The fraction of sp³-hybridized carbons (Fsp3) is 0.286. The molecule has 0 saturated heterocycles. The summed E-state index contributed by atoms with van der Waals surface area (Å²) in [6.07, 6.45) is 0. The van der Waals surface area contributed by atoms with Gasteiger partial charge in [0.15, 0.2) is 0 Å². The van der Waals surface area contributed by atoms with E-state index in [-0.39, 0.29) is 17.9 Å². The van der Waals surface area contributed by atoms with E-state index in [4.69, 9.17) is 15.3 Å². The summed E-state index contributed by atoms with van der Waals surface area (Å²) in [5, 5.41) is 23.6. The van der Waals surface area contributed by atoms with Crippen molar-refractivity contribution in [2.45, 2.75) is 6.92 Å². The van der Waals surface area contributed by atoms with Crippen LogP contribution in [0.4, 0.5) is 0 Å². The highest BCUT2D eigenvalue weighted by Gasteiger charge is 1.90. The number of hydrogen-bond acceptors (Lipinski definition) is 3. The molecule has 64 valence electrons. The van der Waals surface area contributed by atoms with Crippen LogP contribution >= 0.6 is 0 Å². The third-order valence-electron chi connectivity index (χ3n) is 0.548. The lowest BCUT2D eigenvalue weighted by atomic mass is 10.4. The summed E-state index contributed by atoms with van der Waals surface area (Å²) in [6.45, 7) is 7.25. The highest BCUT2D eigenvalue weighted by molar-refractivity contribution is 5.84. The van der Waals surface area contributed by atoms with Crippen LogP contribution in [0.15, 0.2) is 24.5 Å². The lowest BCUT2D eigenvalue weighted by Crippen LogP contribution is -1.92. The molecule has 0 heterocycles. The maximum absolute atomic E-state index is 9.60. The summed E-state index contributed by atoms with van der Waals surface area (Å²) in [4.78, 5) is 9.60. The highest BCUT2D eigenvalue weighted by Crippen LogP contribution is 1.81. The Morgan fingerprint density at radius 3 is 1.55 bits per heavy atom. The van der Waals surface area contributed by atoms with Crippen LogP contribution in [0.25, 0.3) is 0 Å². The van der Waals surface area contributed by atoms with Crippen LogP contribution in [-0.2, 0) is 4.79 Å². The van der Waals surface area contributed by atoms with E-state index in [9.17, 15) is 4.79 Å². The monoisotopic (exact) mass is 160 g/mol. The Balaban J connectivity index is 0. The maximum atomic E-state index is 9.60. The molecule has 0 unspecified atom stereocenters. The van der Waals surface area contributed by atoms with Crippen molar-refractivity contribution in [2.24, 2.45) is 0 Å². The van der Waals surface area contributed by atoms with Crippen LogP contribution in [0.3, 0.4) is 0 Å². The van der Waals surface area contributed by atoms with E-state index in [0.29, 0.717) is 0 Å². The first kappa shape index (κ1) is 12.4. The summed E-state index contributed by atoms with van der Waals surface area (Å²) in [7, 11) is 0. The molecule has 0 saturated carbocycles. The molecule has 0 rings (SSSR count). The first-order valence-electron chi connectivity index (χ1n) is 2.78. The molecule has 0 aromatic rings. The summed E-state index contributed by atoms with van der Waals surface area (Å²) >= 11 is 0. The lowest BCUT2D eigenvalue weighted by molar-refractivity contribution is -0.132. The van der Waals surface area contributed by atoms with Gasteiger partial charge in [0.2, 0.25) is 0 Å². The summed E-state index contributed by atoms with van der Waals surface area (Å²) in [5.74, 6) is -1.12. The Morgan fingerprint density at radius 2 is 1.55 bits per heavy atom. The van der Waals surface area contributed by atoms with E-state index >= 15 is 0 Å². The molecule has 0 bridgehead atoms. The predicted molar refractivity (Wildman–Crippen MR) is 41.3 cm³/mol. The van der Waals surface area contributed by atoms with Gasteiger partial charge in [0.1, 0.15) is 5.76 Å². The third kappa shape index (κ3) is 17.7. The topological polar surface area (TPSA) is 77.8 Å². The van der Waals surface area contributed by atoms with Gasteiger partial charge in [0.05, 0.1) is 6.61 Å². The fourth-order valence-corrected chi connectivity index (χ4v) is 0. The first-order valence-corrected chi connectivity index (χ1v) is 2.78. The molecule has 0 atom stereocenters. The molecule has 0 aliphatic heterocycles. The molecule has 0 amide bonds. The third-order valence-corrected chi connectivity index (χ3v) is 0.548. The second-order valence-corrected chi connectivity index (χ2v) is 1.81. The van der Waals surface area contributed by atoms with Crippen molar-refractivity contribution in [1.29, 1.82) is 0 Å². The van der Waals surface area contributed by atoms with E-state index < -0.39 is 5.97 Å². The Kier molecular flexibility index (Phi) is 7.69. The van der Waals surface area contributed by atoms with E-state index in [1.807, 2.05) is 0 Å². The standard InChI is InChI=1S/C4H6O2.C3H6O2/c1-3(2)4(5)6;1-3(5)2-4/h1H2,2H3,(H,5,6);4-5H,1-2H2. The van der Waals surface area contributed by atoms with Gasteiger partial charge in [-0.3, -0.25) is 0 Å². The lowest BCUT2D eigenvalue weighted by Gasteiger charge is -1.80. The van der Waals surface area contributed by atoms with Crippen LogP contribution in [0, 0.1) is 0 Å². The van der Waals surface area contributed by atoms with Crippen LogP contribution in [-0.4, -0.2) is 27.9 Å². The molecule has 0 aliphatic carbocycles. The second kappa shape index (κ2) is 6.82. The van der Waals surface area contributed by atoms with E-state index in [2.05, 4.69) is 13.2 Å². The second-order valence-electron chi connectivity index (χ2n) is 1.81. The van der Waals surface area contributed by atoms with Gasteiger partial charge in [-0.25, -0.2) is 4.79 Å². The molecule has 0 spiro atoms. The summed E-state index contributed by atoms with van der Waals surface area (Å²) < 4.78 is 0. The Morgan fingerprint density at radius 1 is 1.36 bits per heavy atom. The zero-order chi connectivity index (χ0) is 9.44. The number of aliphatic hydroxyl groups excluding tert-OH is 2. The van der Waals surface area contributed by atoms with Crippen molar-refractivity contribution in [3.63, 3.8) is 0 Å². The predicted octanol–water partition coefficient (Wildman–Crippen LogP) is 0.698. The molecular weight excluding hydrogens is 148 g/mol. The number of rotatable bonds is 2. The molecule has 0 aromatic heterocycles. The smallest absolute Gasteiger partial charge is 0.330 e. The van der Waals surface area contributed by atoms with Gasteiger partial charge in [0.25, 0.3) is 0 Å². The SMILES string of the molecule is C=C(C)C(=O)O.C=C(O)CO. The van der Waals surface area contributed by atoms with Crippen molar-refractivity contribution >= 4 is 5.97 Å². The minimum absolute atomic E-state index is 0.176. The minimum atomic E-state index is -0.935. The van der Waals surface area contributed by atoms with Crippen molar-refractivity contribution in [1.82, 2.24) is 0 Å². The van der Waals surface area contributed by atoms with Gasteiger partial charge in [-0.1, -0.05) is 13.2 Å². The number of carboxylic acid groups (broad SMARTS) is 1. The zero-order valence-electron chi connectivity index (χ0n) is 6.37. The van der Waals surface area contributed by atoms with E-state index in [1.54, 1.807) is 0 Å². The van der Waals surface area contributed by atoms with Crippen molar-refractivity contribution in [3.8, 4) is 0 Å². The van der Waals surface area contributed by atoms with Crippen molar-refractivity contribution in [2.75, 3.05) is 6.61 Å². The summed E-state index contributed by atoms with van der Waals surface area (Å²) in [5.41, 5.74) is 0.176. The highest BCUT2D eigenvalue weighted by atomic mass is 16.4. The molecule has 4 heteroatoms. The van der Waals surface area contributed by atoms with Crippen molar-refractivity contribution < 1.29 is 20.1 Å². The number of carbonyl (C=O) groups is 1. The first-order chi connectivity index (χ1) is 4.91. The van der Waals surface area contributed by atoms with Gasteiger partial charge >= 0.3 is 5.97 Å². The average molecular weight is 160 g/mol. The Labute approximate surface area is 65.1 Å². The number of carboxylic acids is 1. The van der Waals surface area contributed by atoms with Gasteiger partial charge in [-0.15, -0.1) is 0 Å². The van der Waals surface area contributed by atoms with Gasteiger partial charge < -0.3 is 15.3 Å². The molecule has 0 radical (unpaired) electrons. The number of aliphatic hydroxyl groups is 2. The van der Waals surface area contributed by atoms with Crippen LogP contribution in [0.1, 0.15) is 6.92 Å². The van der Waals surface area contributed by atoms with E-state index in [1.165, 1.54) is 6.92 Å². The maximum Gasteiger partial charge on any atom is 0.330 e. The number of aliphatic carboxylic acids is 1. The van der Waals surface area contributed by atoms with Crippen LogP contribution in [0.2, 0.25) is 0 Å². The molecule has 0 aromatic carbocycles. The summed E-state index contributed by atoms with van der Waals surface area (Å²) in [6, 6.07) is 0. The van der Waals surface area contributed by atoms with Gasteiger partial charge in [0, 0.05) is 5.57 Å². The minimum Gasteiger partial charge on any atom is -0.510 e. The quantitative estimate of drug-likeness (QED) is 0.410. The molecule has 0 aliphatic rings. The van der Waals surface area contributed by atoms with Crippen molar-refractivity contribution in [3.05, 3.63) is 24.5 Å². The van der Waals surface area contributed by atoms with E-state index in [0.717, 1.165) is 0 Å². The molecule has 11 heavy (non-hydrogen) atoms. The number of hydrogen-bond donors (Lipinski definition) is 3. The Bertz CT molecular complexity index is 148. The van der Waals surface area contributed by atoms with Gasteiger partial charge in [-0.05, 0) is 6.92 Å². The average Bonchev–Trinajstić information content (AvgIpc) is 1.89. The fourth-order valence-electron chi connectivity index (χ4n) is 0. The molecule has 4 nitrogen and oxygen atoms in total. The molecule has 0 fully saturated rings. The van der Waals surface area contributed by atoms with Crippen LogP contribution in [0.5, 0.6) is 0 Å². The van der Waals surface area contributed by atoms with Gasteiger partial charge in [-0.2, -0.15) is 0 Å². The largest absolute Gasteiger partial charge is 0.510 e. The van der Waals surface area contributed by atoms with Crippen LogP contribution < -0.4 is 0 Å². The normalized spacial score (nSPS) is 7.45. The molecular formula is C7H12O4. The Hall–Kier alpha value is -1.29. The molecule has 3 N–H and O–H groups in total. The zero-order valence-corrected chi connectivity index (χ0v) is 6.37.